The average molecular weight is 523 g/mol. The van der Waals surface area contributed by atoms with Crippen molar-refractivity contribution < 1.29 is 19.4 Å². The van der Waals surface area contributed by atoms with Crippen LogP contribution in [0.4, 0.5) is 0 Å². The third kappa shape index (κ3) is 5.09. The van der Waals surface area contributed by atoms with Crippen molar-refractivity contribution in [2.45, 2.75) is 63.9 Å². The molecule has 4 heteroatoms. The first-order valence-corrected chi connectivity index (χ1v) is 14.4. The van der Waals surface area contributed by atoms with Crippen LogP contribution in [-0.2, 0) is 16.8 Å². The van der Waals surface area contributed by atoms with Crippen molar-refractivity contribution in [3.05, 3.63) is 89.0 Å². The van der Waals surface area contributed by atoms with Crippen molar-refractivity contribution in [2.24, 2.45) is 17.8 Å². The van der Waals surface area contributed by atoms with Crippen LogP contribution < -0.4 is 9.47 Å². The predicted molar refractivity (Wildman–Crippen MR) is 155 cm³/mol. The maximum Gasteiger partial charge on any atom is 0.331 e. The van der Waals surface area contributed by atoms with Crippen molar-refractivity contribution in [1.82, 2.24) is 0 Å². The van der Waals surface area contributed by atoms with Crippen molar-refractivity contribution in [1.29, 1.82) is 0 Å². The molecule has 4 aliphatic carbocycles. The molecule has 0 aromatic heterocycles. The van der Waals surface area contributed by atoms with Gasteiger partial charge in [-0.25, -0.2) is 4.79 Å². The first kappa shape index (κ1) is 25.7. The Labute approximate surface area is 231 Å². The molecule has 3 aromatic rings. The van der Waals surface area contributed by atoms with Crippen molar-refractivity contribution in [3.8, 4) is 22.6 Å². The van der Waals surface area contributed by atoms with Crippen LogP contribution in [0.5, 0.6) is 11.5 Å². The second-order valence-electron chi connectivity index (χ2n) is 12.0. The van der Waals surface area contributed by atoms with E-state index in [-0.39, 0.29) is 5.41 Å². The topological polar surface area (TPSA) is 55.8 Å². The fraction of sp³-hybridized carbons (Fsp3) is 0.400. The van der Waals surface area contributed by atoms with Gasteiger partial charge in [0.25, 0.3) is 0 Å². The van der Waals surface area contributed by atoms with E-state index < -0.39 is 5.97 Å². The molecule has 0 atom stereocenters. The number of hydrogen-bond donors (Lipinski definition) is 1. The van der Waals surface area contributed by atoms with E-state index in [1.165, 1.54) is 49.7 Å². The highest BCUT2D eigenvalue weighted by Crippen LogP contribution is 2.62. The Bertz CT molecular complexity index is 1350. The normalized spacial score (nSPS) is 25.5. The lowest BCUT2D eigenvalue weighted by molar-refractivity contribution is -0.132. The zero-order chi connectivity index (χ0) is 27.0. The SMILES string of the molecule is CCC(=Cc1ccc(OC)c(-c2ccc(OCc3ccccc3)c(C34CC5CC(CC(C5)C3)C4)c2)c1)C(=O)O. The lowest BCUT2D eigenvalue weighted by atomic mass is 9.48. The molecular formula is C35H38O4. The summed E-state index contributed by atoms with van der Waals surface area (Å²) in [6.07, 6.45) is 10.2. The lowest BCUT2D eigenvalue weighted by Crippen LogP contribution is -2.48. The molecule has 1 N–H and O–H groups in total. The van der Waals surface area contributed by atoms with Crippen molar-refractivity contribution in [3.63, 3.8) is 0 Å². The number of carbonyl (C=O) groups is 1. The first-order valence-electron chi connectivity index (χ1n) is 14.4. The number of carboxylic acid groups (broad SMARTS) is 1. The molecular weight excluding hydrogens is 484 g/mol. The summed E-state index contributed by atoms with van der Waals surface area (Å²) in [7, 11) is 1.69. The highest BCUT2D eigenvalue weighted by molar-refractivity contribution is 5.92. The van der Waals surface area contributed by atoms with Crippen LogP contribution in [0.15, 0.2) is 72.3 Å². The largest absolute Gasteiger partial charge is 0.496 e. The second-order valence-corrected chi connectivity index (χ2v) is 12.0. The van der Waals surface area contributed by atoms with Crippen LogP contribution in [-0.4, -0.2) is 18.2 Å². The lowest BCUT2D eigenvalue weighted by Gasteiger charge is -2.57. The fourth-order valence-electron chi connectivity index (χ4n) is 7.97. The summed E-state index contributed by atoms with van der Waals surface area (Å²) in [5, 5.41) is 9.57. The van der Waals surface area contributed by atoms with E-state index in [9.17, 15) is 9.90 Å². The zero-order valence-electron chi connectivity index (χ0n) is 23.0. The Kier molecular flexibility index (Phi) is 6.97. The zero-order valence-corrected chi connectivity index (χ0v) is 23.0. The molecule has 0 saturated heterocycles. The number of methoxy groups -OCH3 is 1. The van der Waals surface area contributed by atoms with Gasteiger partial charge in [0.1, 0.15) is 18.1 Å². The number of carboxylic acids is 1. The number of ether oxygens (including phenoxy) is 2. The smallest absolute Gasteiger partial charge is 0.331 e. The van der Waals surface area contributed by atoms with E-state index in [1.807, 2.05) is 25.1 Å². The Morgan fingerprint density at radius 1 is 0.923 bits per heavy atom. The molecule has 4 fully saturated rings. The molecule has 4 bridgehead atoms. The minimum Gasteiger partial charge on any atom is -0.496 e. The standard InChI is InChI=1S/C35H38O4/c1-3-28(34(36)37)16-24-9-11-32(38-2)30(17-24)29-10-12-33(39-22-23-7-5-4-6-8-23)31(18-29)35-19-25-13-26(20-35)15-27(14-25)21-35/h4-12,16-18,25-27H,3,13-15,19-22H2,1-2H3,(H,36,37). The second kappa shape index (κ2) is 10.6. The molecule has 0 amide bonds. The maximum absolute atomic E-state index is 11.7. The molecule has 4 aliphatic rings. The third-order valence-electron chi connectivity index (χ3n) is 9.36. The van der Waals surface area contributed by atoms with Gasteiger partial charge >= 0.3 is 5.97 Å². The highest BCUT2D eigenvalue weighted by atomic mass is 16.5. The molecule has 7 rings (SSSR count). The van der Waals surface area contributed by atoms with Gasteiger partial charge in [-0.15, -0.1) is 0 Å². The van der Waals surface area contributed by atoms with Gasteiger partial charge in [0.2, 0.25) is 0 Å². The summed E-state index contributed by atoms with van der Waals surface area (Å²) in [5.41, 5.74) is 6.01. The van der Waals surface area contributed by atoms with Crippen LogP contribution in [0.3, 0.4) is 0 Å². The van der Waals surface area contributed by atoms with E-state index in [0.717, 1.165) is 45.9 Å². The van der Waals surface area contributed by atoms with Gasteiger partial charge in [-0.2, -0.15) is 0 Å². The van der Waals surface area contributed by atoms with Gasteiger partial charge in [-0.05, 0) is 115 Å². The average Bonchev–Trinajstić information content (AvgIpc) is 2.94. The molecule has 39 heavy (non-hydrogen) atoms. The van der Waals surface area contributed by atoms with Gasteiger partial charge in [-0.3, -0.25) is 0 Å². The van der Waals surface area contributed by atoms with Crippen molar-refractivity contribution in [2.75, 3.05) is 7.11 Å². The van der Waals surface area contributed by atoms with Gasteiger partial charge in [-0.1, -0.05) is 49.4 Å². The monoisotopic (exact) mass is 522 g/mol. The first-order chi connectivity index (χ1) is 19.0. The summed E-state index contributed by atoms with van der Waals surface area (Å²) in [4.78, 5) is 11.7. The molecule has 0 spiro atoms. The molecule has 4 nitrogen and oxygen atoms in total. The van der Waals surface area contributed by atoms with E-state index >= 15 is 0 Å². The predicted octanol–water partition coefficient (Wildman–Crippen LogP) is 8.29. The van der Waals surface area contributed by atoms with Gasteiger partial charge in [0.15, 0.2) is 0 Å². The van der Waals surface area contributed by atoms with E-state index in [2.05, 4.69) is 48.5 Å². The summed E-state index contributed by atoms with van der Waals surface area (Å²) in [5.74, 6) is 3.39. The number of hydrogen-bond acceptors (Lipinski definition) is 3. The van der Waals surface area contributed by atoms with E-state index in [4.69, 9.17) is 9.47 Å². The molecule has 3 aromatic carbocycles. The Balaban J connectivity index is 1.43. The van der Waals surface area contributed by atoms with Crippen LogP contribution in [0.1, 0.15) is 68.6 Å². The molecule has 202 valence electrons. The van der Waals surface area contributed by atoms with Crippen LogP contribution in [0.25, 0.3) is 17.2 Å². The quantitative estimate of drug-likeness (QED) is 0.287. The number of aliphatic carboxylic acids is 1. The number of benzene rings is 3. The molecule has 0 aliphatic heterocycles. The summed E-state index contributed by atoms with van der Waals surface area (Å²) >= 11 is 0. The van der Waals surface area contributed by atoms with Gasteiger partial charge < -0.3 is 14.6 Å². The minimum atomic E-state index is -0.876. The summed E-state index contributed by atoms with van der Waals surface area (Å²) in [6.45, 7) is 2.43. The summed E-state index contributed by atoms with van der Waals surface area (Å²) < 4.78 is 12.4. The fourth-order valence-corrected chi connectivity index (χ4v) is 7.97. The molecule has 0 heterocycles. The molecule has 4 saturated carbocycles. The molecule has 0 unspecified atom stereocenters. The van der Waals surface area contributed by atoms with Crippen LogP contribution in [0.2, 0.25) is 0 Å². The Hall–Kier alpha value is -3.53. The third-order valence-corrected chi connectivity index (χ3v) is 9.36. The minimum absolute atomic E-state index is 0.167. The molecule has 0 radical (unpaired) electrons. The number of rotatable bonds is 9. The van der Waals surface area contributed by atoms with Crippen LogP contribution >= 0.6 is 0 Å². The van der Waals surface area contributed by atoms with E-state index in [1.54, 1.807) is 13.2 Å². The maximum atomic E-state index is 11.7. The van der Waals surface area contributed by atoms with Gasteiger partial charge in [0.05, 0.1) is 7.11 Å². The Morgan fingerprint density at radius 2 is 1.59 bits per heavy atom. The Morgan fingerprint density at radius 3 is 2.21 bits per heavy atom. The van der Waals surface area contributed by atoms with Crippen LogP contribution in [0, 0.1) is 17.8 Å². The van der Waals surface area contributed by atoms with E-state index in [0.29, 0.717) is 18.6 Å². The highest BCUT2D eigenvalue weighted by Gasteiger charge is 2.52. The van der Waals surface area contributed by atoms with Crippen molar-refractivity contribution >= 4 is 12.0 Å². The van der Waals surface area contributed by atoms with Gasteiger partial charge in [0, 0.05) is 16.7 Å². The summed E-state index contributed by atoms with van der Waals surface area (Å²) in [6, 6.07) is 23.0.